The van der Waals surface area contributed by atoms with Crippen LogP contribution >= 0.6 is 0 Å². The number of furan rings is 1. The van der Waals surface area contributed by atoms with Gasteiger partial charge in [-0.05, 0) is 43.3 Å². The Kier molecular flexibility index (Phi) is 5.77. The number of ether oxygens (including phenoxy) is 2. The van der Waals surface area contributed by atoms with Crippen molar-refractivity contribution in [2.75, 3.05) is 12.4 Å². The molecule has 29 heavy (non-hydrogen) atoms. The van der Waals surface area contributed by atoms with Crippen molar-refractivity contribution in [2.45, 2.75) is 13.5 Å². The summed E-state index contributed by atoms with van der Waals surface area (Å²) in [5.74, 6) is -0.177. The maximum Gasteiger partial charge on any atom is 0.360 e. The van der Waals surface area contributed by atoms with Gasteiger partial charge >= 0.3 is 5.97 Å². The molecule has 1 amide bonds. The van der Waals surface area contributed by atoms with Crippen molar-refractivity contribution < 1.29 is 28.3 Å². The van der Waals surface area contributed by atoms with Crippen molar-refractivity contribution in [3.63, 3.8) is 0 Å². The lowest BCUT2D eigenvalue weighted by Gasteiger charge is -2.05. The van der Waals surface area contributed by atoms with Gasteiger partial charge in [0.15, 0.2) is 17.2 Å². The quantitative estimate of drug-likeness (QED) is 0.482. The second-order valence-corrected chi connectivity index (χ2v) is 6.15. The lowest BCUT2D eigenvalue weighted by Crippen LogP contribution is -2.14. The lowest BCUT2D eigenvalue weighted by molar-refractivity contribution is 0.0594. The molecule has 2 aromatic heterocycles. The van der Waals surface area contributed by atoms with Crippen LogP contribution in [-0.4, -0.2) is 34.6 Å². The number of aromatic nitrogens is 2. The van der Waals surface area contributed by atoms with E-state index in [0.29, 0.717) is 17.1 Å². The highest BCUT2D eigenvalue weighted by molar-refractivity contribution is 6.05. The highest BCUT2D eigenvalue weighted by Crippen LogP contribution is 2.18. The fourth-order valence-electron chi connectivity index (χ4n) is 2.53. The first-order valence-corrected chi connectivity index (χ1v) is 8.63. The highest BCUT2D eigenvalue weighted by atomic mass is 16.5. The summed E-state index contributed by atoms with van der Waals surface area (Å²) in [6, 6.07) is 9.83. The molecule has 0 aliphatic rings. The predicted octanol–water partition coefficient (Wildman–Crippen LogP) is 2.83. The number of benzene rings is 1. The minimum atomic E-state index is -0.662. The molecular weight excluding hydrogens is 378 g/mol. The monoisotopic (exact) mass is 397 g/mol. The van der Waals surface area contributed by atoms with Crippen LogP contribution in [0.15, 0.2) is 47.0 Å². The van der Waals surface area contributed by atoms with Gasteiger partial charge in [-0.1, -0.05) is 0 Å². The third kappa shape index (κ3) is 4.70. The summed E-state index contributed by atoms with van der Waals surface area (Å²) in [5.41, 5.74) is 0.799. The molecule has 0 spiro atoms. The first-order chi connectivity index (χ1) is 13.9. The van der Waals surface area contributed by atoms with Crippen molar-refractivity contribution in [3.8, 4) is 5.75 Å². The average molecular weight is 397 g/mol. The molecule has 0 aliphatic carbocycles. The SMILES string of the molecule is COC(=O)c1nn(C)cc1NC(=O)c1ccc(COc2ccc(C(C)=O)cc2)o1. The van der Waals surface area contributed by atoms with Gasteiger partial charge in [0.25, 0.3) is 5.91 Å². The van der Waals surface area contributed by atoms with Crippen LogP contribution in [0.5, 0.6) is 5.75 Å². The Morgan fingerprint density at radius 3 is 2.52 bits per heavy atom. The van der Waals surface area contributed by atoms with Crippen LogP contribution in [0.4, 0.5) is 5.69 Å². The van der Waals surface area contributed by atoms with E-state index < -0.39 is 11.9 Å². The Bertz CT molecular complexity index is 1050. The number of methoxy groups -OCH3 is 1. The molecular formula is C20H19N3O6. The zero-order valence-electron chi connectivity index (χ0n) is 16.1. The van der Waals surface area contributed by atoms with E-state index in [-0.39, 0.29) is 29.5 Å². The van der Waals surface area contributed by atoms with Crippen LogP contribution in [0.2, 0.25) is 0 Å². The molecule has 1 N–H and O–H groups in total. The fraction of sp³-hybridized carbons (Fsp3) is 0.200. The van der Waals surface area contributed by atoms with E-state index in [1.165, 1.54) is 31.0 Å². The number of esters is 1. The van der Waals surface area contributed by atoms with E-state index in [4.69, 9.17) is 9.15 Å². The minimum Gasteiger partial charge on any atom is -0.486 e. The Morgan fingerprint density at radius 2 is 1.86 bits per heavy atom. The van der Waals surface area contributed by atoms with Gasteiger partial charge in [0.2, 0.25) is 0 Å². The van der Waals surface area contributed by atoms with Crippen LogP contribution < -0.4 is 10.1 Å². The van der Waals surface area contributed by atoms with E-state index in [1.54, 1.807) is 37.4 Å². The van der Waals surface area contributed by atoms with E-state index in [2.05, 4.69) is 15.2 Å². The van der Waals surface area contributed by atoms with Crippen LogP contribution in [-0.2, 0) is 18.4 Å². The van der Waals surface area contributed by atoms with Gasteiger partial charge in [0.1, 0.15) is 18.1 Å². The number of nitrogens with one attached hydrogen (secondary N) is 1. The number of Topliss-reactive ketones (excluding diaryl/α,β-unsaturated/α-hetero) is 1. The topological polar surface area (TPSA) is 113 Å². The summed E-state index contributed by atoms with van der Waals surface area (Å²) in [4.78, 5) is 35.4. The van der Waals surface area contributed by atoms with Gasteiger partial charge in [0, 0.05) is 18.8 Å². The van der Waals surface area contributed by atoms with Crippen LogP contribution in [0.1, 0.15) is 44.1 Å². The van der Waals surface area contributed by atoms with Gasteiger partial charge < -0.3 is 19.2 Å². The number of nitrogens with zero attached hydrogens (tertiary/aromatic N) is 2. The molecule has 0 unspecified atom stereocenters. The Labute approximate surface area is 166 Å². The van der Waals surface area contributed by atoms with E-state index >= 15 is 0 Å². The summed E-state index contributed by atoms with van der Waals surface area (Å²) in [6.07, 6.45) is 1.49. The first-order valence-electron chi connectivity index (χ1n) is 8.63. The number of carbonyl (C=O) groups is 3. The van der Waals surface area contributed by atoms with Crippen molar-refractivity contribution in [2.24, 2.45) is 7.05 Å². The molecule has 3 rings (SSSR count). The smallest absolute Gasteiger partial charge is 0.360 e. The molecule has 9 nitrogen and oxygen atoms in total. The molecule has 0 saturated heterocycles. The van der Waals surface area contributed by atoms with Crippen molar-refractivity contribution in [1.29, 1.82) is 0 Å². The molecule has 2 heterocycles. The number of ketones is 1. The molecule has 0 radical (unpaired) electrons. The number of hydrogen-bond donors (Lipinski definition) is 1. The number of hydrogen-bond acceptors (Lipinski definition) is 7. The summed E-state index contributed by atoms with van der Waals surface area (Å²) in [7, 11) is 2.85. The van der Waals surface area contributed by atoms with Gasteiger partial charge in [-0.2, -0.15) is 5.10 Å². The van der Waals surface area contributed by atoms with Crippen LogP contribution in [0.25, 0.3) is 0 Å². The number of amides is 1. The highest BCUT2D eigenvalue weighted by Gasteiger charge is 2.20. The Morgan fingerprint density at radius 1 is 1.14 bits per heavy atom. The minimum absolute atomic E-state index is 0.00697. The molecule has 9 heteroatoms. The molecule has 0 bridgehead atoms. The number of rotatable bonds is 7. The molecule has 0 aliphatic heterocycles. The number of carbonyl (C=O) groups excluding carboxylic acids is 3. The second-order valence-electron chi connectivity index (χ2n) is 6.15. The lowest BCUT2D eigenvalue weighted by atomic mass is 10.1. The van der Waals surface area contributed by atoms with Crippen molar-refractivity contribution >= 4 is 23.3 Å². The molecule has 150 valence electrons. The number of aryl methyl sites for hydroxylation is 1. The van der Waals surface area contributed by atoms with Crippen molar-refractivity contribution in [1.82, 2.24) is 9.78 Å². The zero-order valence-corrected chi connectivity index (χ0v) is 16.1. The largest absolute Gasteiger partial charge is 0.486 e. The molecule has 0 fully saturated rings. The zero-order chi connectivity index (χ0) is 21.0. The van der Waals surface area contributed by atoms with Crippen molar-refractivity contribution in [3.05, 3.63) is 65.4 Å². The van der Waals surface area contributed by atoms with Crippen LogP contribution in [0, 0.1) is 0 Å². The Balaban J connectivity index is 1.63. The first kappa shape index (κ1) is 19.9. The van der Waals surface area contributed by atoms with E-state index in [1.807, 2.05) is 0 Å². The molecule has 0 atom stereocenters. The summed E-state index contributed by atoms with van der Waals surface area (Å²) >= 11 is 0. The van der Waals surface area contributed by atoms with E-state index in [0.717, 1.165) is 0 Å². The Hall–Kier alpha value is -3.88. The van der Waals surface area contributed by atoms with Gasteiger partial charge in [-0.15, -0.1) is 0 Å². The summed E-state index contributed by atoms with van der Waals surface area (Å²) in [5, 5.41) is 6.55. The maximum absolute atomic E-state index is 12.4. The third-order valence-electron chi connectivity index (χ3n) is 3.98. The fourth-order valence-corrected chi connectivity index (χ4v) is 2.53. The maximum atomic E-state index is 12.4. The predicted molar refractivity (Wildman–Crippen MR) is 102 cm³/mol. The second kappa shape index (κ2) is 8.42. The summed E-state index contributed by atoms with van der Waals surface area (Å²) < 4.78 is 17.1. The summed E-state index contributed by atoms with van der Waals surface area (Å²) in [6.45, 7) is 1.60. The molecule has 3 aromatic rings. The van der Waals surface area contributed by atoms with Crippen LogP contribution in [0.3, 0.4) is 0 Å². The molecule has 1 aromatic carbocycles. The van der Waals surface area contributed by atoms with Gasteiger partial charge in [0.05, 0.1) is 12.8 Å². The van der Waals surface area contributed by atoms with Gasteiger partial charge in [-0.25, -0.2) is 4.79 Å². The third-order valence-corrected chi connectivity index (χ3v) is 3.98. The van der Waals surface area contributed by atoms with Gasteiger partial charge in [-0.3, -0.25) is 14.3 Å². The standard InChI is InChI=1S/C20H19N3O6/c1-12(24)13-4-6-14(7-5-13)28-11-15-8-9-17(29-15)19(25)21-16-10-23(2)22-18(16)20(26)27-3/h4-10H,11H2,1-3H3,(H,21,25). The average Bonchev–Trinajstić information content (AvgIpc) is 3.32. The van der Waals surface area contributed by atoms with E-state index in [9.17, 15) is 14.4 Å². The number of anilines is 1. The normalized spacial score (nSPS) is 10.4. The molecule has 0 saturated carbocycles.